The Kier molecular flexibility index (Phi) is 3.77. The van der Waals surface area contributed by atoms with Crippen molar-refractivity contribution in [2.75, 3.05) is 6.54 Å². The van der Waals surface area contributed by atoms with E-state index in [2.05, 4.69) is 24.9 Å². The molecule has 1 aliphatic carbocycles. The highest BCUT2D eigenvalue weighted by Crippen LogP contribution is 2.47. The molecule has 0 aromatic heterocycles. The lowest BCUT2D eigenvalue weighted by molar-refractivity contribution is -0.120. The molecular weight excluding hydrogens is 230 g/mol. The molecule has 1 aromatic rings. The molecule has 1 N–H and O–H groups in total. The Labute approximate surface area is 108 Å². The van der Waals surface area contributed by atoms with Crippen molar-refractivity contribution in [3.63, 3.8) is 0 Å². The van der Waals surface area contributed by atoms with E-state index in [1.807, 2.05) is 24.3 Å². The maximum absolute atomic E-state index is 11.8. The zero-order valence-electron chi connectivity index (χ0n) is 10.2. The summed E-state index contributed by atoms with van der Waals surface area (Å²) in [5, 5.41) is 3.04. The first-order valence-corrected chi connectivity index (χ1v) is 6.63. The predicted octanol–water partition coefficient (Wildman–Crippen LogP) is 2.82. The monoisotopic (exact) mass is 249 g/mol. The van der Waals surface area contributed by atoms with Crippen molar-refractivity contribution in [1.82, 2.24) is 5.32 Å². The molecule has 1 amide bonds. The summed E-state index contributed by atoms with van der Waals surface area (Å²) >= 11 is 4.22. The molecular formula is C14H19NOS. The van der Waals surface area contributed by atoms with Crippen LogP contribution in [0.3, 0.4) is 0 Å². The second-order valence-corrected chi connectivity index (χ2v) is 5.49. The molecule has 92 valence electrons. The molecule has 1 aromatic carbocycles. The Bertz CT molecular complexity index is 395. The minimum atomic E-state index is 0.122. The molecule has 3 heteroatoms. The molecule has 0 bridgehead atoms. The van der Waals surface area contributed by atoms with Crippen LogP contribution in [0.4, 0.5) is 0 Å². The summed E-state index contributed by atoms with van der Waals surface area (Å²) in [5.74, 6) is 0.122. The van der Waals surface area contributed by atoms with Gasteiger partial charge in [-0.25, -0.2) is 0 Å². The van der Waals surface area contributed by atoms with Crippen molar-refractivity contribution in [3.8, 4) is 0 Å². The molecule has 0 radical (unpaired) electrons. The number of amides is 1. The van der Waals surface area contributed by atoms with E-state index in [0.717, 1.165) is 17.0 Å². The highest BCUT2D eigenvalue weighted by Gasteiger charge is 2.40. The topological polar surface area (TPSA) is 29.1 Å². The number of hydrogen-bond acceptors (Lipinski definition) is 2. The van der Waals surface area contributed by atoms with Crippen LogP contribution in [-0.4, -0.2) is 12.5 Å². The van der Waals surface area contributed by atoms with Gasteiger partial charge in [-0.3, -0.25) is 4.79 Å². The summed E-state index contributed by atoms with van der Waals surface area (Å²) in [5.41, 5.74) is 1.46. The summed E-state index contributed by atoms with van der Waals surface area (Å²) in [4.78, 5) is 12.7. The zero-order chi connectivity index (χ0) is 12.3. The molecule has 0 heterocycles. The van der Waals surface area contributed by atoms with Gasteiger partial charge in [-0.1, -0.05) is 19.1 Å². The van der Waals surface area contributed by atoms with E-state index in [0.29, 0.717) is 11.8 Å². The predicted molar refractivity (Wildman–Crippen MR) is 72.4 cm³/mol. The molecule has 0 unspecified atom stereocenters. The van der Waals surface area contributed by atoms with Crippen LogP contribution < -0.4 is 5.32 Å². The van der Waals surface area contributed by atoms with Crippen LogP contribution in [-0.2, 0) is 11.2 Å². The summed E-state index contributed by atoms with van der Waals surface area (Å²) < 4.78 is 0. The Morgan fingerprint density at radius 2 is 2.00 bits per heavy atom. The quantitative estimate of drug-likeness (QED) is 0.772. The van der Waals surface area contributed by atoms with E-state index in [9.17, 15) is 4.79 Å². The second-order valence-electron chi connectivity index (χ2n) is 4.97. The van der Waals surface area contributed by atoms with Crippen LogP contribution >= 0.6 is 12.6 Å². The third-order valence-electron chi connectivity index (χ3n) is 3.67. The highest BCUT2D eigenvalue weighted by molar-refractivity contribution is 7.80. The summed E-state index contributed by atoms with van der Waals surface area (Å²) in [7, 11) is 0. The van der Waals surface area contributed by atoms with Crippen LogP contribution in [0, 0.1) is 5.41 Å². The Morgan fingerprint density at radius 3 is 2.53 bits per heavy atom. The van der Waals surface area contributed by atoms with Crippen LogP contribution in [0.25, 0.3) is 0 Å². The lowest BCUT2D eigenvalue weighted by Crippen LogP contribution is -2.31. The van der Waals surface area contributed by atoms with E-state index in [-0.39, 0.29) is 5.91 Å². The number of carbonyl (C=O) groups excluding carboxylic acids is 1. The normalized spacial score (nSPS) is 16.6. The van der Waals surface area contributed by atoms with E-state index >= 15 is 0 Å². The number of thiol groups is 1. The molecule has 0 aliphatic heterocycles. The first kappa shape index (κ1) is 12.5. The maximum atomic E-state index is 11.8. The molecule has 1 saturated carbocycles. The van der Waals surface area contributed by atoms with Gasteiger partial charge in [0.15, 0.2) is 0 Å². The molecule has 1 fully saturated rings. The van der Waals surface area contributed by atoms with Gasteiger partial charge < -0.3 is 5.32 Å². The number of benzene rings is 1. The van der Waals surface area contributed by atoms with Crippen molar-refractivity contribution >= 4 is 18.5 Å². The molecule has 2 rings (SSSR count). The van der Waals surface area contributed by atoms with Crippen LogP contribution in [0.2, 0.25) is 0 Å². The minimum absolute atomic E-state index is 0.122. The smallest absolute Gasteiger partial charge is 0.224 e. The van der Waals surface area contributed by atoms with Crippen LogP contribution in [0.1, 0.15) is 31.7 Å². The summed E-state index contributed by atoms with van der Waals surface area (Å²) in [6.45, 7) is 3.04. The first-order chi connectivity index (χ1) is 8.13. The van der Waals surface area contributed by atoms with E-state index < -0.39 is 0 Å². The molecule has 17 heavy (non-hydrogen) atoms. The van der Waals surface area contributed by atoms with Crippen LogP contribution in [0.15, 0.2) is 29.2 Å². The standard InChI is InChI=1S/C14H19NOS/c1-2-14(7-8-14)10-15-13(16)9-11-3-5-12(17)6-4-11/h3-6,17H,2,7-10H2,1H3,(H,15,16). The Balaban J connectivity index is 1.79. The molecule has 0 atom stereocenters. The molecule has 0 spiro atoms. The molecule has 0 saturated heterocycles. The number of nitrogens with one attached hydrogen (secondary N) is 1. The first-order valence-electron chi connectivity index (χ1n) is 6.18. The molecule has 2 nitrogen and oxygen atoms in total. The Hall–Kier alpha value is -0.960. The van der Waals surface area contributed by atoms with Gasteiger partial charge >= 0.3 is 0 Å². The maximum Gasteiger partial charge on any atom is 0.224 e. The average molecular weight is 249 g/mol. The molecule has 1 aliphatic rings. The average Bonchev–Trinajstić information content (AvgIpc) is 3.10. The number of carbonyl (C=O) groups is 1. The van der Waals surface area contributed by atoms with Crippen molar-refractivity contribution in [1.29, 1.82) is 0 Å². The Morgan fingerprint density at radius 1 is 1.35 bits per heavy atom. The fourth-order valence-electron chi connectivity index (χ4n) is 1.98. The van der Waals surface area contributed by atoms with Crippen molar-refractivity contribution in [2.24, 2.45) is 5.41 Å². The summed E-state index contributed by atoms with van der Waals surface area (Å²) in [6, 6.07) is 7.74. The van der Waals surface area contributed by atoms with Gasteiger partial charge in [0.25, 0.3) is 0 Å². The van der Waals surface area contributed by atoms with Gasteiger partial charge in [0.05, 0.1) is 6.42 Å². The third kappa shape index (κ3) is 3.50. The van der Waals surface area contributed by atoms with Crippen molar-refractivity contribution < 1.29 is 4.79 Å². The fraction of sp³-hybridized carbons (Fsp3) is 0.500. The fourth-order valence-corrected chi connectivity index (χ4v) is 2.13. The van der Waals surface area contributed by atoms with Gasteiger partial charge in [0.1, 0.15) is 0 Å². The van der Waals surface area contributed by atoms with E-state index in [1.165, 1.54) is 19.3 Å². The lowest BCUT2D eigenvalue weighted by atomic mass is 10.0. The van der Waals surface area contributed by atoms with Gasteiger partial charge in [-0.05, 0) is 42.4 Å². The third-order valence-corrected chi connectivity index (χ3v) is 3.97. The van der Waals surface area contributed by atoms with Gasteiger partial charge in [0.2, 0.25) is 5.91 Å². The van der Waals surface area contributed by atoms with Crippen LogP contribution in [0.5, 0.6) is 0 Å². The van der Waals surface area contributed by atoms with Gasteiger partial charge in [0, 0.05) is 11.4 Å². The minimum Gasteiger partial charge on any atom is -0.355 e. The summed E-state index contributed by atoms with van der Waals surface area (Å²) in [6.07, 6.45) is 4.16. The number of rotatable bonds is 5. The van der Waals surface area contributed by atoms with Crippen molar-refractivity contribution in [2.45, 2.75) is 37.5 Å². The SMILES string of the molecule is CCC1(CNC(=O)Cc2ccc(S)cc2)CC1. The van der Waals surface area contributed by atoms with E-state index in [1.54, 1.807) is 0 Å². The van der Waals surface area contributed by atoms with Gasteiger partial charge in [-0.15, -0.1) is 12.6 Å². The second kappa shape index (κ2) is 5.13. The van der Waals surface area contributed by atoms with Gasteiger partial charge in [-0.2, -0.15) is 0 Å². The largest absolute Gasteiger partial charge is 0.355 e. The lowest BCUT2D eigenvalue weighted by Gasteiger charge is -2.13. The van der Waals surface area contributed by atoms with E-state index in [4.69, 9.17) is 0 Å². The van der Waals surface area contributed by atoms with Crippen molar-refractivity contribution in [3.05, 3.63) is 29.8 Å². The number of hydrogen-bond donors (Lipinski definition) is 2. The highest BCUT2D eigenvalue weighted by atomic mass is 32.1. The zero-order valence-corrected chi connectivity index (χ0v) is 11.1.